The molecule has 1 fully saturated rings. The van der Waals surface area contributed by atoms with Gasteiger partial charge in [-0.1, -0.05) is 12.8 Å². The second-order valence-electron chi connectivity index (χ2n) is 4.66. The summed E-state index contributed by atoms with van der Waals surface area (Å²) in [6.07, 6.45) is 4.15. The lowest BCUT2D eigenvalue weighted by molar-refractivity contribution is -0.126. The molecule has 1 aliphatic carbocycles. The highest BCUT2D eigenvalue weighted by molar-refractivity contribution is 7.09. The maximum atomic E-state index is 12.0. The Morgan fingerprint density at radius 3 is 3.00 bits per heavy atom. The Bertz CT molecular complexity index is 391. The minimum absolute atomic E-state index is 0.00944. The zero-order valence-corrected chi connectivity index (χ0v) is 10.9. The lowest BCUT2D eigenvalue weighted by Gasteiger charge is -2.27. The summed E-state index contributed by atoms with van der Waals surface area (Å²) in [5.74, 6) is 0.0786. The number of aromatic nitrogens is 1. The number of aryl methyl sites for hydroxylation is 1. The first kappa shape index (κ1) is 12.5. The summed E-state index contributed by atoms with van der Waals surface area (Å²) in [6, 6.07) is 0.0294. The molecule has 0 spiro atoms. The van der Waals surface area contributed by atoms with E-state index in [1.54, 1.807) is 11.3 Å². The first-order valence-electron chi connectivity index (χ1n) is 6.11. The summed E-state index contributed by atoms with van der Waals surface area (Å²) in [7, 11) is 0. The highest BCUT2D eigenvalue weighted by Gasteiger charge is 2.27. The van der Waals surface area contributed by atoms with Crippen LogP contribution in [0.5, 0.6) is 0 Å². The van der Waals surface area contributed by atoms with Crippen molar-refractivity contribution in [2.24, 2.45) is 11.7 Å². The molecule has 0 saturated heterocycles. The predicted molar refractivity (Wildman–Crippen MR) is 68.6 cm³/mol. The van der Waals surface area contributed by atoms with E-state index in [-0.39, 0.29) is 17.9 Å². The van der Waals surface area contributed by atoms with E-state index in [1.165, 1.54) is 0 Å². The van der Waals surface area contributed by atoms with Crippen molar-refractivity contribution < 1.29 is 4.79 Å². The van der Waals surface area contributed by atoms with Gasteiger partial charge in [-0.3, -0.25) is 4.79 Å². The van der Waals surface area contributed by atoms with Crippen molar-refractivity contribution in [1.82, 2.24) is 10.3 Å². The Labute approximate surface area is 106 Å². The van der Waals surface area contributed by atoms with Crippen LogP contribution in [0.25, 0.3) is 0 Å². The fraction of sp³-hybridized carbons (Fsp3) is 0.667. The molecule has 2 atom stereocenters. The minimum Gasteiger partial charge on any atom is -0.349 e. The maximum Gasteiger partial charge on any atom is 0.225 e. The molecule has 1 aromatic rings. The van der Waals surface area contributed by atoms with Crippen molar-refractivity contribution in [2.45, 2.75) is 45.2 Å². The van der Waals surface area contributed by atoms with Gasteiger partial charge < -0.3 is 11.1 Å². The van der Waals surface area contributed by atoms with Gasteiger partial charge in [0.15, 0.2) is 0 Å². The van der Waals surface area contributed by atoms with E-state index >= 15 is 0 Å². The maximum absolute atomic E-state index is 12.0. The normalized spacial score (nSPS) is 24.6. The van der Waals surface area contributed by atoms with Crippen LogP contribution in [0, 0.1) is 12.8 Å². The second-order valence-corrected chi connectivity index (χ2v) is 5.60. The molecule has 1 amide bonds. The number of thiazole rings is 1. The summed E-state index contributed by atoms with van der Waals surface area (Å²) in [4.78, 5) is 16.3. The van der Waals surface area contributed by atoms with Crippen LogP contribution in [0.2, 0.25) is 0 Å². The summed E-state index contributed by atoms with van der Waals surface area (Å²) in [6.45, 7) is 2.49. The van der Waals surface area contributed by atoms with Crippen LogP contribution in [0.15, 0.2) is 5.38 Å². The molecule has 0 aliphatic heterocycles. The molecule has 1 heterocycles. The molecule has 2 rings (SSSR count). The molecule has 0 bridgehead atoms. The Balaban J connectivity index is 1.84. The topological polar surface area (TPSA) is 68.0 Å². The van der Waals surface area contributed by atoms with E-state index in [1.807, 2.05) is 12.3 Å². The largest absolute Gasteiger partial charge is 0.349 e. The number of nitrogens with one attached hydrogen (secondary N) is 1. The Morgan fingerprint density at radius 1 is 1.59 bits per heavy atom. The number of hydrogen-bond acceptors (Lipinski definition) is 4. The molecule has 1 aliphatic rings. The Hall–Kier alpha value is -0.940. The van der Waals surface area contributed by atoms with E-state index in [4.69, 9.17) is 5.73 Å². The van der Waals surface area contributed by atoms with Crippen LogP contribution in [0.4, 0.5) is 0 Å². The van der Waals surface area contributed by atoms with Gasteiger partial charge in [0.05, 0.1) is 12.5 Å². The molecule has 94 valence electrons. The molecule has 0 radical (unpaired) electrons. The molecule has 3 N–H and O–H groups in total. The van der Waals surface area contributed by atoms with Crippen molar-refractivity contribution in [3.8, 4) is 0 Å². The summed E-state index contributed by atoms with van der Waals surface area (Å²) in [5, 5.41) is 5.89. The van der Waals surface area contributed by atoms with Gasteiger partial charge in [-0.05, 0) is 19.8 Å². The summed E-state index contributed by atoms with van der Waals surface area (Å²) >= 11 is 1.58. The number of nitrogens with two attached hydrogens (primary N) is 1. The highest BCUT2D eigenvalue weighted by Crippen LogP contribution is 2.23. The fourth-order valence-corrected chi connectivity index (χ4v) is 2.97. The van der Waals surface area contributed by atoms with Crippen LogP contribution in [0.3, 0.4) is 0 Å². The number of hydrogen-bond donors (Lipinski definition) is 2. The highest BCUT2D eigenvalue weighted by atomic mass is 32.1. The van der Waals surface area contributed by atoms with Gasteiger partial charge in [-0.25, -0.2) is 4.98 Å². The van der Waals surface area contributed by atoms with Gasteiger partial charge in [-0.2, -0.15) is 0 Å². The fourth-order valence-electron chi connectivity index (χ4n) is 2.26. The zero-order chi connectivity index (χ0) is 12.3. The zero-order valence-electron chi connectivity index (χ0n) is 10.1. The third-order valence-electron chi connectivity index (χ3n) is 3.24. The molecule has 17 heavy (non-hydrogen) atoms. The standard InChI is InChI=1S/C12H19N3OS/c1-8-7-17-11(15-8)6-14-12(16)9-4-2-3-5-10(9)13/h7,9-10H,2-6,13H2,1H3,(H,14,16). The van der Waals surface area contributed by atoms with E-state index in [9.17, 15) is 4.79 Å². The van der Waals surface area contributed by atoms with Crippen molar-refractivity contribution in [3.05, 3.63) is 16.1 Å². The van der Waals surface area contributed by atoms with Crippen LogP contribution >= 0.6 is 11.3 Å². The van der Waals surface area contributed by atoms with Gasteiger partial charge in [-0.15, -0.1) is 11.3 Å². The van der Waals surface area contributed by atoms with Gasteiger partial charge in [0.25, 0.3) is 0 Å². The predicted octanol–water partition coefficient (Wildman–Crippen LogP) is 1.59. The Kier molecular flexibility index (Phi) is 4.12. The third kappa shape index (κ3) is 3.26. The lowest BCUT2D eigenvalue weighted by Crippen LogP contribution is -2.43. The monoisotopic (exact) mass is 253 g/mol. The van der Waals surface area contributed by atoms with Crippen molar-refractivity contribution in [1.29, 1.82) is 0 Å². The average molecular weight is 253 g/mol. The van der Waals surface area contributed by atoms with Crippen LogP contribution in [0.1, 0.15) is 36.4 Å². The minimum atomic E-state index is -0.00944. The smallest absolute Gasteiger partial charge is 0.225 e. The van der Waals surface area contributed by atoms with E-state index in [0.717, 1.165) is 36.4 Å². The lowest BCUT2D eigenvalue weighted by atomic mass is 9.84. The van der Waals surface area contributed by atoms with Crippen molar-refractivity contribution in [3.63, 3.8) is 0 Å². The van der Waals surface area contributed by atoms with Crippen molar-refractivity contribution >= 4 is 17.2 Å². The van der Waals surface area contributed by atoms with Crippen LogP contribution in [-0.2, 0) is 11.3 Å². The first-order chi connectivity index (χ1) is 8.16. The molecule has 5 heteroatoms. The number of carbonyl (C=O) groups is 1. The quantitative estimate of drug-likeness (QED) is 0.859. The van der Waals surface area contributed by atoms with E-state index in [0.29, 0.717) is 6.54 Å². The van der Waals surface area contributed by atoms with Gasteiger partial charge in [0.1, 0.15) is 5.01 Å². The molecule has 1 aromatic heterocycles. The second kappa shape index (κ2) is 5.60. The molecule has 2 unspecified atom stereocenters. The van der Waals surface area contributed by atoms with Gasteiger partial charge >= 0.3 is 0 Å². The van der Waals surface area contributed by atoms with E-state index < -0.39 is 0 Å². The molecular formula is C12H19N3OS. The number of rotatable bonds is 3. The molecule has 0 aromatic carbocycles. The van der Waals surface area contributed by atoms with Crippen LogP contribution in [-0.4, -0.2) is 16.9 Å². The van der Waals surface area contributed by atoms with Gasteiger partial charge in [0.2, 0.25) is 5.91 Å². The summed E-state index contributed by atoms with van der Waals surface area (Å²) < 4.78 is 0. The SMILES string of the molecule is Cc1csc(CNC(=O)C2CCCCC2N)n1. The average Bonchev–Trinajstić information content (AvgIpc) is 2.73. The summed E-state index contributed by atoms with van der Waals surface area (Å²) in [5.41, 5.74) is 6.99. The number of carbonyl (C=O) groups excluding carboxylic acids is 1. The van der Waals surface area contributed by atoms with Crippen LogP contribution < -0.4 is 11.1 Å². The number of amides is 1. The molecule has 4 nitrogen and oxygen atoms in total. The molecule has 1 saturated carbocycles. The van der Waals surface area contributed by atoms with E-state index in [2.05, 4.69) is 10.3 Å². The third-order valence-corrected chi connectivity index (χ3v) is 4.20. The molecular weight excluding hydrogens is 234 g/mol. The number of nitrogens with zero attached hydrogens (tertiary/aromatic N) is 1. The Morgan fingerprint density at radius 2 is 2.35 bits per heavy atom. The first-order valence-corrected chi connectivity index (χ1v) is 6.99. The van der Waals surface area contributed by atoms with Crippen molar-refractivity contribution in [2.75, 3.05) is 0 Å². The van der Waals surface area contributed by atoms with Gasteiger partial charge in [0, 0.05) is 17.1 Å².